The molecular formula is C18H23FN4O. The lowest BCUT2D eigenvalue weighted by atomic mass is 10.2. The summed E-state index contributed by atoms with van der Waals surface area (Å²) in [5.41, 5.74) is 2.02. The van der Waals surface area contributed by atoms with Gasteiger partial charge in [0.2, 0.25) is 5.91 Å². The third kappa shape index (κ3) is 3.82. The molecule has 2 aromatic rings. The minimum Gasteiger partial charge on any atom is -0.338 e. The molecule has 0 aliphatic carbocycles. The molecule has 1 aliphatic rings. The number of halogens is 1. The van der Waals surface area contributed by atoms with Crippen LogP contribution in [0.2, 0.25) is 0 Å². The minimum absolute atomic E-state index is 0.100. The largest absolute Gasteiger partial charge is 0.338 e. The van der Waals surface area contributed by atoms with Gasteiger partial charge >= 0.3 is 0 Å². The van der Waals surface area contributed by atoms with Crippen molar-refractivity contribution in [2.75, 3.05) is 26.2 Å². The van der Waals surface area contributed by atoms with Crippen molar-refractivity contribution in [1.29, 1.82) is 0 Å². The van der Waals surface area contributed by atoms with Crippen molar-refractivity contribution in [1.82, 2.24) is 19.6 Å². The lowest BCUT2D eigenvalue weighted by Gasteiger charge is -2.36. The number of carbonyl (C=O) groups excluding carboxylic acids is 1. The monoisotopic (exact) mass is 330 g/mol. The van der Waals surface area contributed by atoms with E-state index in [1.807, 2.05) is 31.0 Å². The van der Waals surface area contributed by atoms with Gasteiger partial charge in [0.15, 0.2) is 0 Å². The van der Waals surface area contributed by atoms with Crippen molar-refractivity contribution in [3.8, 4) is 0 Å². The molecule has 24 heavy (non-hydrogen) atoms. The number of aryl methyl sites for hydroxylation is 1. The Hall–Kier alpha value is -2.21. The van der Waals surface area contributed by atoms with Gasteiger partial charge in [-0.2, -0.15) is 5.10 Å². The molecule has 128 valence electrons. The number of rotatable bonds is 4. The predicted molar refractivity (Wildman–Crippen MR) is 89.9 cm³/mol. The summed E-state index contributed by atoms with van der Waals surface area (Å²) in [7, 11) is 0. The van der Waals surface area contributed by atoms with Gasteiger partial charge in [0, 0.05) is 38.9 Å². The van der Waals surface area contributed by atoms with Crippen LogP contribution in [0.3, 0.4) is 0 Å². The molecule has 5 nitrogen and oxygen atoms in total. The van der Waals surface area contributed by atoms with Crippen LogP contribution in [-0.2, 0) is 11.3 Å². The summed E-state index contributed by atoms with van der Waals surface area (Å²) in [5, 5.41) is 4.23. The Balaban J connectivity index is 1.53. The second kappa shape index (κ2) is 7.13. The van der Waals surface area contributed by atoms with Crippen LogP contribution in [-0.4, -0.2) is 51.7 Å². The van der Waals surface area contributed by atoms with Gasteiger partial charge in [-0.3, -0.25) is 14.4 Å². The predicted octanol–water partition coefficient (Wildman–Crippen LogP) is 2.24. The molecule has 1 aliphatic heterocycles. The zero-order valence-corrected chi connectivity index (χ0v) is 14.2. The molecule has 6 heteroatoms. The number of piperazine rings is 1. The molecule has 0 saturated carbocycles. The first-order chi connectivity index (χ1) is 11.5. The second-order valence-corrected chi connectivity index (χ2v) is 6.41. The van der Waals surface area contributed by atoms with Gasteiger partial charge in [-0.05, 0) is 37.1 Å². The molecule has 1 saturated heterocycles. The second-order valence-electron chi connectivity index (χ2n) is 6.41. The lowest BCUT2D eigenvalue weighted by Crippen LogP contribution is -2.49. The van der Waals surface area contributed by atoms with Crippen LogP contribution in [0.25, 0.3) is 0 Å². The molecule has 3 rings (SSSR count). The molecule has 0 bridgehead atoms. The number of benzene rings is 1. The highest BCUT2D eigenvalue weighted by Gasteiger charge is 2.26. The van der Waals surface area contributed by atoms with Gasteiger partial charge in [-0.1, -0.05) is 12.1 Å². The van der Waals surface area contributed by atoms with Crippen LogP contribution in [0.5, 0.6) is 0 Å². The van der Waals surface area contributed by atoms with E-state index in [-0.39, 0.29) is 17.8 Å². The van der Waals surface area contributed by atoms with Crippen LogP contribution >= 0.6 is 0 Å². The van der Waals surface area contributed by atoms with E-state index in [9.17, 15) is 9.18 Å². The summed E-state index contributed by atoms with van der Waals surface area (Å²) >= 11 is 0. The minimum atomic E-state index is -0.284. The molecule has 1 atom stereocenters. The van der Waals surface area contributed by atoms with Gasteiger partial charge in [-0.25, -0.2) is 4.39 Å². The number of hydrogen-bond acceptors (Lipinski definition) is 3. The molecule has 0 radical (unpaired) electrons. The topological polar surface area (TPSA) is 41.4 Å². The summed E-state index contributed by atoms with van der Waals surface area (Å²) in [6.45, 7) is 7.55. The maximum Gasteiger partial charge on any atom is 0.247 e. The highest BCUT2D eigenvalue weighted by atomic mass is 19.1. The third-order valence-electron chi connectivity index (χ3n) is 4.46. The van der Waals surface area contributed by atoms with Crippen molar-refractivity contribution in [3.05, 3.63) is 53.6 Å². The summed E-state index contributed by atoms with van der Waals surface area (Å²) in [4.78, 5) is 16.8. The van der Waals surface area contributed by atoms with E-state index in [1.165, 1.54) is 6.07 Å². The van der Waals surface area contributed by atoms with E-state index in [0.717, 1.165) is 24.2 Å². The van der Waals surface area contributed by atoms with Gasteiger partial charge < -0.3 is 4.90 Å². The Bertz CT molecular complexity index is 707. The fourth-order valence-corrected chi connectivity index (χ4v) is 3.04. The van der Waals surface area contributed by atoms with E-state index >= 15 is 0 Å². The first kappa shape index (κ1) is 16.6. The van der Waals surface area contributed by atoms with E-state index in [1.54, 1.807) is 23.0 Å². The van der Waals surface area contributed by atoms with Crippen molar-refractivity contribution in [2.24, 2.45) is 0 Å². The van der Waals surface area contributed by atoms with Crippen LogP contribution in [0.4, 0.5) is 4.39 Å². The molecule has 1 aromatic heterocycles. The van der Waals surface area contributed by atoms with Gasteiger partial charge in [0.05, 0.1) is 6.20 Å². The number of nitrogens with zero attached hydrogens (tertiary/aromatic N) is 4. The molecular weight excluding hydrogens is 307 g/mol. The lowest BCUT2D eigenvalue weighted by molar-refractivity contribution is -0.136. The maximum absolute atomic E-state index is 13.3. The Labute approximate surface area is 141 Å². The quantitative estimate of drug-likeness (QED) is 0.863. The molecule has 0 spiro atoms. The van der Waals surface area contributed by atoms with Gasteiger partial charge in [0.1, 0.15) is 11.9 Å². The Kier molecular flexibility index (Phi) is 4.94. The van der Waals surface area contributed by atoms with Crippen molar-refractivity contribution < 1.29 is 9.18 Å². The highest BCUT2D eigenvalue weighted by molar-refractivity contribution is 5.80. The zero-order valence-electron chi connectivity index (χ0n) is 14.2. The fourth-order valence-electron chi connectivity index (χ4n) is 3.04. The summed E-state index contributed by atoms with van der Waals surface area (Å²) in [5.74, 6) is -0.104. The fraction of sp³-hybridized carbons (Fsp3) is 0.444. The number of aromatic nitrogens is 2. The Morgan fingerprint density at radius 1 is 1.29 bits per heavy atom. The molecule has 1 amide bonds. The number of hydrogen-bond donors (Lipinski definition) is 0. The van der Waals surface area contributed by atoms with E-state index in [2.05, 4.69) is 10.00 Å². The van der Waals surface area contributed by atoms with E-state index in [0.29, 0.717) is 19.6 Å². The van der Waals surface area contributed by atoms with Gasteiger partial charge in [0.25, 0.3) is 0 Å². The maximum atomic E-state index is 13.3. The molecule has 1 aromatic carbocycles. The zero-order chi connectivity index (χ0) is 17.1. The van der Waals surface area contributed by atoms with Crippen molar-refractivity contribution in [3.63, 3.8) is 0 Å². The Morgan fingerprint density at radius 3 is 2.67 bits per heavy atom. The molecule has 2 heterocycles. The molecule has 1 fully saturated rings. The average Bonchev–Trinajstić information content (AvgIpc) is 3.01. The number of carbonyl (C=O) groups is 1. The number of amides is 1. The summed E-state index contributed by atoms with van der Waals surface area (Å²) in [6, 6.07) is 6.41. The first-order valence-electron chi connectivity index (χ1n) is 8.29. The van der Waals surface area contributed by atoms with Crippen LogP contribution < -0.4 is 0 Å². The van der Waals surface area contributed by atoms with Crippen LogP contribution in [0, 0.1) is 12.7 Å². The van der Waals surface area contributed by atoms with E-state index < -0.39 is 0 Å². The molecule has 0 unspecified atom stereocenters. The van der Waals surface area contributed by atoms with Crippen LogP contribution in [0.15, 0.2) is 36.7 Å². The standard InChI is InChI=1S/C18H23FN4O/c1-14-11-20-23(12-14)15(2)18(24)22-8-6-21(7-9-22)13-16-4-3-5-17(19)10-16/h3-5,10-12,15H,6-9,13H2,1-2H3/t15-/m1/s1. The van der Waals surface area contributed by atoms with Crippen molar-refractivity contribution in [2.45, 2.75) is 26.4 Å². The third-order valence-corrected chi connectivity index (χ3v) is 4.46. The molecule has 0 N–H and O–H groups in total. The van der Waals surface area contributed by atoms with Crippen LogP contribution in [0.1, 0.15) is 24.1 Å². The highest BCUT2D eigenvalue weighted by Crippen LogP contribution is 2.14. The first-order valence-corrected chi connectivity index (χ1v) is 8.29. The normalized spacial score (nSPS) is 17.0. The smallest absolute Gasteiger partial charge is 0.247 e. The average molecular weight is 330 g/mol. The van der Waals surface area contributed by atoms with Crippen molar-refractivity contribution >= 4 is 5.91 Å². The Morgan fingerprint density at radius 2 is 2.04 bits per heavy atom. The summed E-state index contributed by atoms with van der Waals surface area (Å²) in [6.07, 6.45) is 3.66. The SMILES string of the molecule is Cc1cnn([C@H](C)C(=O)N2CCN(Cc3cccc(F)c3)CC2)c1. The van der Waals surface area contributed by atoms with Gasteiger partial charge in [-0.15, -0.1) is 0 Å². The van der Waals surface area contributed by atoms with E-state index in [4.69, 9.17) is 0 Å². The summed E-state index contributed by atoms with van der Waals surface area (Å²) < 4.78 is 15.0.